The van der Waals surface area contributed by atoms with Crippen LogP contribution in [0.2, 0.25) is 0 Å². The molecule has 0 unspecified atom stereocenters. The van der Waals surface area contributed by atoms with Gasteiger partial charge in [-0.3, -0.25) is 14.5 Å². The van der Waals surface area contributed by atoms with Crippen LogP contribution in [0, 0.1) is 0 Å². The molecule has 8 nitrogen and oxygen atoms in total. The second kappa shape index (κ2) is 12.0. The van der Waals surface area contributed by atoms with Gasteiger partial charge in [-0.25, -0.2) is 4.79 Å². The van der Waals surface area contributed by atoms with E-state index in [0.717, 1.165) is 24.1 Å². The molecule has 0 atom stereocenters. The molecule has 176 valence electrons. The third-order valence-corrected chi connectivity index (χ3v) is 5.70. The number of nitrogens with one attached hydrogen (secondary N) is 2. The fourth-order valence-corrected chi connectivity index (χ4v) is 3.78. The van der Waals surface area contributed by atoms with Gasteiger partial charge < -0.3 is 20.6 Å². The molecule has 2 aromatic carbocycles. The monoisotopic (exact) mass is 452 g/mol. The van der Waals surface area contributed by atoms with Crippen molar-refractivity contribution >= 4 is 29.2 Å². The van der Waals surface area contributed by atoms with E-state index in [9.17, 15) is 19.5 Å². The summed E-state index contributed by atoms with van der Waals surface area (Å²) in [6.45, 7) is 5.64. The van der Waals surface area contributed by atoms with Crippen LogP contribution in [-0.4, -0.2) is 60.5 Å². The third kappa shape index (κ3) is 7.32. The number of piperazine rings is 1. The van der Waals surface area contributed by atoms with Crippen molar-refractivity contribution in [3.8, 4) is 0 Å². The molecule has 1 aliphatic heterocycles. The quantitative estimate of drug-likeness (QED) is 0.512. The number of hydrogen-bond donors (Lipinski definition) is 3. The summed E-state index contributed by atoms with van der Waals surface area (Å²) in [5, 5.41) is 15.3. The number of rotatable bonds is 10. The highest BCUT2D eigenvalue weighted by Crippen LogP contribution is 2.25. The molecule has 0 saturated carbocycles. The normalized spacial score (nSPS) is 14.0. The summed E-state index contributed by atoms with van der Waals surface area (Å²) in [4.78, 5) is 40.3. The van der Waals surface area contributed by atoms with Crippen molar-refractivity contribution in [1.29, 1.82) is 0 Å². The minimum atomic E-state index is -1.07. The van der Waals surface area contributed by atoms with Gasteiger partial charge in [0.15, 0.2) is 0 Å². The summed E-state index contributed by atoms with van der Waals surface area (Å²) in [5.41, 5.74) is 2.27. The molecule has 0 radical (unpaired) electrons. The standard InChI is InChI=1S/C25H32N4O4/c1-2-3-9-23(30)27-22-11-10-20(16-21(22)25(32)33)29-14-12-28(13-15-29)18-24(31)26-17-19-7-5-4-6-8-19/h4-8,10-11,16H,2-3,9,12-15,17-18H2,1H3,(H,26,31)(H,27,30)(H,32,33). The summed E-state index contributed by atoms with van der Waals surface area (Å²) in [6, 6.07) is 14.9. The van der Waals surface area contributed by atoms with Gasteiger partial charge in [0.05, 0.1) is 17.8 Å². The van der Waals surface area contributed by atoms with Crippen molar-refractivity contribution in [3.63, 3.8) is 0 Å². The number of carbonyl (C=O) groups is 3. The van der Waals surface area contributed by atoms with Gasteiger partial charge in [-0.2, -0.15) is 0 Å². The Bertz CT molecular complexity index is 956. The molecule has 0 spiro atoms. The molecule has 1 aliphatic rings. The zero-order valence-corrected chi connectivity index (χ0v) is 19.0. The fourth-order valence-electron chi connectivity index (χ4n) is 3.78. The minimum absolute atomic E-state index is 0.0105. The SMILES string of the molecule is CCCCC(=O)Nc1ccc(N2CCN(CC(=O)NCc3ccccc3)CC2)cc1C(=O)O. The van der Waals surface area contributed by atoms with Crippen molar-refractivity contribution in [2.24, 2.45) is 0 Å². The summed E-state index contributed by atoms with van der Waals surface area (Å²) in [5.74, 6) is -1.26. The first kappa shape index (κ1) is 24.3. The average molecular weight is 453 g/mol. The summed E-state index contributed by atoms with van der Waals surface area (Å²) >= 11 is 0. The Hall–Kier alpha value is -3.39. The largest absolute Gasteiger partial charge is 0.478 e. The van der Waals surface area contributed by atoms with E-state index in [2.05, 4.69) is 20.4 Å². The van der Waals surface area contributed by atoms with Gasteiger partial charge in [0, 0.05) is 44.8 Å². The number of aromatic carboxylic acids is 1. The minimum Gasteiger partial charge on any atom is -0.478 e. The van der Waals surface area contributed by atoms with E-state index in [1.807, 2.05) is 43.3 Å². The molecule has 2 amide bonds. The van der Waals surface area contributed by atoms with Crippen LogP contribution in [0.15, 0.2) is 48.5 Å². The van der Waals surface area contributed by atoms with Crippen LogP contribution >= 0.6 is 0 Å². The highest BCUT2D eigenvalue weighted by Gasteiger charge is 2.21. The van der Waals surface area contributed by atoms with Crippen molar-refractivity contribution in [2.45, 2.75) is 32.7 Å². The summed E-state index contributed by atoms with van der Waals surface area (Å²) < 4.78 is 0. The number of carboxylic acids is 1. The van der Waals surface area contributed by atoms with E-state index < -0.39 is 5.97 Å². The van der Waals surface area contributed by atoms with Crippen molar-refractivity contribution < 1.29 is 19.5 Å². The Kier molecular flexibility index (Phi) is 8.83. The van der Waals surface area contributed by atoms with Crippen LogP contribution in [0.4, 0.5) is 11.4 Å². The predicted molar refractivity (Wildman–Crippen MR) is 128 cm³/mol. The second-order valence-corrected chi connectivity index (χ2v) is 8.21. The lowest BCUT2D eigenvalue weighted by atomic mass is 10.1. The number of benzene rings is 2. The molecule has 2 aromatic rings. The Morgan fingerprint density at radius 3 is 2.36 bits per heavy atom. The Morgan fingerprint density at radius 1 is 0.970 bits per heavy atom. The first-order valence-electron chi connectivity index (χ1n) is 11.4. The highest BCUT2D eigenvalue weighted by atomic mass is 16.4. The number of carboxylic acid groups (broad SMARTS) is 1. The number of hydrogen-bond acceptors (Lipinski definition) is 5. The van der Waals surface area contributed by atoms with E-state index in [0.29, 0.717) is 51.4 Å². The number of amides is 2. The first-order chi connectivity index (χ1) is 16.0. The Balaban J connectivity index is 1.52. The molecule has 0 bridgehead atoms. The Labute approximate surface area is 194 Å². The molecule has 0 aliphatic carbocycles. The van der Waals surface area contributed by atoms with Crippen molar-refractivity contribution in [3.05, 3.63) is 59.7 Å². The van der Waals surface area contributed by atoms with Crippen LogP contribution in [0.5, 0.6) is 0 Å². The third-order valence-electron chi connectivity index (χ3n) is 5.70. The topological polar surface area (TPSA) is 102 Å². The van der Waals surface area contributed by atoms with Gasteiger partial charge in [0.2, 0.25) is 11.8 Å². The van der Waals surface area contributed by atoms with Crippen LogP contribution in [0.25, 0.3) is 0 Å². The lowest BCUT2D eigenvalue weighted by Gasteiger charge is -2.36. The number of unbranched alkanes of at least 4 members (excludes halogenated alkanes) is 1. The van der Waals surface area contributed by atoms with Gasteiger partial charge in [-0.1, -0.05) is 43.7 Å². The maximum Gasteiger partial charge on any atom is 0.337 e. The van der Waals surface area contributed by atoms with Crippen LogP contribution in [-0.2, 0) is 16.1 Å². The van der Waals surface area contributed by atoms with E-state index in [4.69, 9.17) is 0 Å². The molecule has 33 heavy (non-hydrogen) atoms. The van der Waals surface area contributed by atoms with Gasteiger partial charge in [-0.15, -0.1) is 0 Å². The molecular formula is C25H32N4O4. The molecule has 1 saturated heterocycles. The maximum absolute atomic E-state index is 12.3. The predicted octanol–water partition coefficient (Wildman–Crippen LogP) is 2.95. The van der Waals surface area contributed by atoms with Gasteiger partial charge in [0.1, 0.15) is 0 Å². The number of carbonyl (C=O) groups excluding carboxylic acids is 2. The highest BCUT2D eigenvalue weighted by molar-refractivity contribution is 6.01. The van der Waals surface area contributed by atoms with E-state index in [1.54, 1.807) is 12.1 Å². The number of nitrogens with zero attached hydrogens (tertiary/aromatic N) is 2. The lowest BCUT2D eigenvalue weighted by molar-refractivity contribution is -0.122. The molecule has 3 N–H and O–H groups in total. The van der Waals surface area contributed by atoms with E-state index in [1.165, 1.54) is 0 Å². The molecule has 1 heterocycles. The lowest BCUT2D eigenvalue weighted by Crippen LogP contribution is -2.49. The van der Waals surface area contributed by atoms with Crippen molar-refractivity contribution in [1.82, 2.24) is 10.2 Å². The van der Waals surface area contributed by atoms with Crippen LogP contribution < -0.4 is 15.5 Å². The Morgan fingerprint density at radius 2 is 1.70 bits per heavy atom. The van der Waals surface area contributed by atoms with Gasteiger partial charge in [-0.05, 0) is 30.2 Å². The van der Waals surface area contributed by atoms with Crippen LogP contribution in [0.1, 0.15) is 42.1 Å². The first-order valence-corrected chi connectivity index (χ1v) is 11.4. The summed E-state index contributed by atoms with van der Waals surface area (Å²) in [7, 11) is 0. The molecule has 3 rings (SSSR count). The van der Waals surface area contributed by atoms with E-state index in [-0.39, 0.29) is 17.4 Å². The zero-order chi connectivity index (χ0) is 23.6. The van der Waals surface area contributed by atoms with Crippen LogP contribution in [0.3, 0.4) is 0 Å². The van der Waals surface area contributed by atoms with Crippen molar-refractivity contribution in [2.75, 3.05) is 42.9 Å². The number of anilines is 2. The maximum atomic E-state index is 12.3. The van der Waals surface area contributed by atoms with Gasteiger partial charge in [0.25, 0.3) is 0 Å². The van der Waals surface area contributed by atoms with Gasteiger partial charge >= 0.3 is 5.97 Å². The second-order valence-electron chi connectivity index (χ2n) is 8.21. The van der Waals surface area contributed by atoms with E-state index >= 15 is 0 Å². The fraction of sp³-hybridized carbons (Fsp3) is 0.400. The smallest absolute Gasteiger partial charge is 0.337 e. The average Bonchev–Trinajstić information content (AvgIpc) is 2.83. The molecular weight excluding hydrogens is 420 g/mol. The molecule has 0 aromatic heterocycles. The molecule has 8 heteroatoms. The zero-order valence-electron chi connectivity index (χ0n) is 19.0. The molecule has 1 fully saturated rings. The summed E-state index contributed by atoms with van der Waals surface area (Å²) in [6.07, 6.45) is 2.04.